The van der Waals surface area contributed by atoms with E-state index in [9.17, 15) is 9.90 Å². The normalized spacial score (nSPS) is 19.7. The number of rotatable bonds is 8. The highest BCUT2D eigenvalue weighted by molar-refractivity contribution is 7.99. The first kappa shape index (κ1) is 15.8. The fraction of sp³-hybridized carbons (Fsp3) is 0.917. The number of aliphatic hydroxyl groups is 1. The second-order valence-corrected chi connectivity index (χ2v) is 6.10. The molecule has 2 unspecified atom stereocenters. The van der Waals surface area contributed by atoms with Gasteiger partial charge in [0, 0.05) is 12.1 Å². The Hall–Kier alpha value is -0.300. The maximum absolute atomic E-state index is 11.7. The molecule has 0 spiro atoms. The van der Waals surface area contributed by atoms with Crippen LogP contribution in [-0.4, -0.2) is 40.7 Å². The summed E-state index contributed by atoms with van der Waals surface area (Å²) in [6.07, 6.45) is 4.08. The van der Waals surface area contributed by atoms with E-state index in [2.05, 4.69) is 17.8 Å². The van der Waals surface area contributed by atoms with E-state index < -0.39 is 18.1 Å². The zero-order chi connectivity index (χ0) is 13.4. The van der Waals surface area contributed by atoms with Crippen molar-refractivity contribution in [3.8, 4) is 0 Å². The summed E-state index contributed by atoms with van der Waals surface area (Å²) in [6, 6.07) is -0.151. The van der Waals surface area contributed by atoms with Crippen molar-refractivity contribution in [2.45, 2.75) is 57.2 Å². The van der Waals surface area contributed by atoms with E-state index in [1.165, 1.54) is 12.8 Å². The quantitative estimate of drug-likeness (QED) is 0.380. The number of nitrogens with one attached hydrogen (secondary N) is 2. The number of nitrogens with two attached hydrogens (primary N) is 1. The first-order valence-corrected chi connectivity index (χ1v) is 7.87. The molecule has 18 heavy (non-hydrogen) atoms. The van der Waals surface area contributed by atoms with Crippen molar-refractivity contribution >= 4 is 17.7 Å². The van der Waals surface area contributed by atoms with Crippen LogP contribution < -0.4 is 16.6 Å². The van der Waals surface area contributed by atoms with E-state index in [1.807, 2.05) is 0 Å². The molecule has 0 radical (unpaired) electrons. The van der Waals surface area contributed by atoms with Crippen molar-refractivity contribution in [3.05, 3.63) is 0 Å². The summed E-state index contributed by atoms with van der Waals surface area (Å²) < 4.78 is 0. The molecule has 5 nitrogen and oxygen atoms in total. The third-order valence-electron chi connectivity index (χ3n) is 3.23. The van der Waals surface area contributed by atoms with Gasteiger partial charge in [-0.1, -0.05) is 19.8 Å². The Morgan fingerprint density at radius 2 is 2.17 bits per heavy atom. The van der Waals surface area contributed by atoms with Crippen LogP contribution >= 0.6 is 11.8 Å². The van der Waals surface area contributed by atoms with Gasteiger partial charge in [0.1, 0.15) is 6.10 Å². The zero-order valence-corrected chi connectivity index (χ0v) is 11.8. The van der Waals surface area contributed by atoms with Crippen LogP contribution in [0.25, 0.3) is 0 Å². The molecule has 0 aromatic rings. The first-order valence-electron chi connectivity index (χ1n) is 6.72. The molecule has 0 heterocycles. The van der Waals surface area contributed by atoms with Gasteiger partial charge in [0.05, 0.1) is 0 Å². The Bertz CT molecular complexity index is 247. The Kier molecular flexibility index (Phi) is 7.65. The van der Waals surface area contributed by atoms with Gasteiger partial charge in [-0.25, -0.2) is 5.43 Å². The average molecular weight is 275 g/mol. The Morgan fingerprint density at radius 1 is 1.50 bits per heavy atom. The molecule has 0 bridgehead atoms. The monoisotopic (exact) mass is 275 g/mol. The summed E-state index contributed by atoms with van der Waals surface area (Å²) in [4.78, 5) is 11.7. The van der Waals surface area contributed by atoms with Crippen molar-refractivity contribution < 1.29 is 9.90 Å². The number of hydrazine groups is 1. The number of aliphatic hydroxyl groups excluding tert-OH is 1. The van der Waals surface area contributed by atoms with Crippen molar-refractivity contribution in [2.75, 3.05) is 11.5 Å². The fourth-order valence-corrected chi connectivity index (χ4v) is 2.76. The third-order valence-corrected chi connectivity index (χ3v) is 4.16. The van der Waals surface area contributed by atoms with Crippen molar-refractivity contribution in [1.29, 1.82) is 0 Å². The molecule has 106 valence electrons. The molecule has 6 heteroatoms. The molecule has 1 aliphatic rings. The lowest BCUT2D eigenvalue weighted by Crippen LogP contribution is -2.52. The van der Waals surface area contributed by atoms with E-state index in [4.69, 9.17) is 5.73 Å². The lowest BCUT2D eigenvalue weighted by molar-refractivity contribution is -0.131. The van der Waals surface area contributed by atoms with Crippen molar-refractivity contribution in [2.24, 2.45) is 5.73 Å². The van der Waals surface area contributed by atoms with Crippen LogP contribution in [0.3, 0.4) is 0 Å². The van der Waals surface area contributed by atoms with Crippen LogP contribution in [0.1, 0.15) is 39.0 Å². The van der Waals surface area contributed by atoms with Crippen LogP contribution in [0.2, 0.25) is 0 Å². The topological polar surface area (TPSA) is 87.4 Å². The van der Waals surface area contributed by atoms with E-state index >= 15 is 0 Å². The molecule has 0 aromatic heterocycles. The minimum absolute atomic E-state index is 0.341. The second-order valence-electron chi connectivity index (χ2n) is 4.71. The number of hydrogen-bond acceptors (Lipinski definition) is 5. The molecule has 0 aromatic carbocycles. The highest BCUT2D eigenvalue weighted by Gasteiger charge is 2.23. The van der Waals surface area contributed by atoms with Crippen LogP contribution in [0.4, 0.5) is 0 Å². The molecular weight excluding hydrogens is 250 g/mol. The van der Waals surface area contributed by atoms with Gasteiger partial charge < -0.3 is 10.8 Å². The Labute approximate surface area is 113 Å². The van der Waals surface area contributed by atoms with Gasteiger partial charge >= 0.3 is 0 Å². The van der Waals surface area contributed by atoms with Gasteiger partial charge in [-0.05, 0) is 30.8 Å². The predicted octanol–water partition coefficient (Wildman–Crippen LogP) is 0.381. The summed E-state index contributed by atoms with van der Waals surface area (Å²) >= 11 is 1.76. The second kappa shape index (κ2) is 8.74. The van der Waals surface area contributed by atoms with E-state index in [1.54, 1.807) is 11.8 Å². The largest absolute Gasteiger partial charge is 0.382 e. The molecule has 1 aliphatic carbocycles. The van der Waals surface area contributed by atoms with Crippen molar-refractivity contribution in [3.63, 3.8) is 0 Å². The van der Waals surface area contributed by atoms with Crippen LogP contribution in [0.5, 0.6) is 0 Å². The van der Waals surface area contributed by atoms with Gasteiger partial charge in [0.15, 0.2) is 0 Å². The molecule has 0 aliphatic heterocycles. The van der Waals surface area contributed by atoms with E-state index in [-0.39, 0.29) is 0 Å². The number of carbonyl (C=O) groups is 1. The van der Waals surface area contributed by atoms with Gasteiger partial charge in [0.25, 0.3) is 5.91 Å². The maximum Gasteiger partial charge on any atom is 0.264 e. The molecule has 5 N–H and O–H groups in total. The van der Waals surface area contributed by atoms with Gasteiger partial charge in [-0.2, -0.15) is 11.8 Å². The minimum atomic E-state index is -1.13. The summed E-state index contributed by atoms with van der Waals surface area (Å²) in [6.45, 7) is 2.07. The fourth-order valence-electron chi connectivity index (χ4n) is 2.03. The Balaban J connectivity index is 2.17. The Morgan fingerprint density at radius 3 is 2.78 bits per heavy atom. The number of amides is 1. The summed E-state index contributed by atoms with van der Waals surface area (Å²) in [7, 11) is 0. The molecule has 2 atom stereocenters. The SMILES string of the molecule is CCSCCC(N)C(O)C(=O)NNC1CCCC1. The van der Waals surface area contributed by atoms with Crippen LogP contribution in [0, 0.1) is 0 Å². The average Bonchev–Trinajstić information content (AvgIpc) is 2.88. The van der Waals surface area contributed by atoms with Gasteiger partial charge in [0.2, 0.25) is 0 Å². The number of hydrogen-bond donors (Lipinski definition) is 4. The summed E-state index contributed by atoms with van der Waals surface area (Å²) in [5.41, 5.74) is 11.3. The summed E-state index contributed by atoms with van der Waals surface area (Å²) in [5.74, 6) is 1.48. The molecule has 0 saturated heterocycles. The molecule has 1 rings (SSSR count). The number of carbonyl (C=O) groups excluding carboxylic acids is 1. The van der Waals surface area contributed by atoms with E-state index in [0.29, 0.717) is 12.5 Å². The third kappa shape index (κ3) is 5.56. The lowest BCUT2D eigenvalue weighted by atomic mass is 10.1. The lowest BCUT2D eigenvalue weighted by Gasteiger charge is -2.20. The molecular formula is C12H25N3O2S. The number of thioether (sulfide) groups is 1. The predicted molar refractivity (Wildman–Crippen MR) is 75.1 cm³/mol. The molecule has 1 saturated carbocycles. The van der Waals surface area contributed by atoms with Gasteiger partial charge in [-0.15, -0.1) is 0 Å². The summed E-state index contributed by atoms with van der Waals surface area (Å²) in [5, 5.41) is 9.77. The van der Waals surface area contributed by atoms with Crippen LogP contribution in [-0.2, 0) is 4.79 Å². The van der Waals surface area contributed by atoms with Crippen molar-refractivity contribution in [1.82, 2.24) is 10.9 Å². The van der Waals surface area contributed by atoms with Gasteiger partial charge in [-0.3, -0.25) is 10.2 Å². The zero-order valence-electron chi connectivity index (χ0n) is 11.0. The van der Waals surface area contributed by atoms with E-state index in [0.717, 1.165) is 24.3 Å². The molecule has 1 fully saturated rings. The highest BCUT2D eigenvalue weighted by Crippen LogP contribution is 2.16. The highest BCUT2D eigenvalue weighted by atomic mass is 32.2. The van der Waals surface area contributed by atoms with Crippen LogP contribution in [0.15, 0.2) is 0 Å². The molecule has 1 amide bonds. The standard InChI is InChI=1S/C12H25N3O2S/c1-2-18-8-7-10(13)11(16)12(17)15-14-9-5-3-4-6-9/h9-11,14,16H,2-8,13H2,1H3,(H,15,17). The smallest absolute Gasteiger partial charge is 0.264 e. The maximum atomic E-state index is 11.7. The minimum Gasteiger partial charge on any atom is -0.382 e. The first-order chi connectivity index (χ1) is 8.65.